The lowest BCUT2D eigenvalue weighted by Gasteiger charge is -2.12. The molecule has 0 spiro atoms. The van der Waals surface area contributed by atoms with E-state index in [1.807, 2.05) is 31.2 Å². The first-order valence-corrected chi connectivity index (χ1v) is 8.21. The number of nitrogens with one attached hydrogen (secondary N) is 2. The standard InChI is InChI=1S/C18H21ClFN3O/c1-2-21-18(22-10-9-14-5-3-4-6-15(14)19)23-12-13-7-8-17(24)16(20)11-13/h3-8,11,24H,2,9-10,12H2,1H3,(H2,21,22,23). The molecule has 0 atom stereocenters. The summed E-state index contributed by atoms with van der Waals surface area (Å²) in [6, 6.07) is 12.0. The highest BCUT2D eigenvalue weighted by molar-refractivity contribution is 6.31. The summed E-state index contributed by atoms with van der Waals surface area (Å²) in [5.41, 5.74) is 1.76. The Bertz CT molecular complexity index is 706. The number of guanidine groups is 1. The first-order chi connectivity index (χ1) is 11.6. The second-order valence-corrected chi connectivity index (χ2v) is 5.66. The predicted molar refractivity (Wildman–Crippen MR) is 96.0 cm³/mol. The van der Waals surface area contributed by atoms with Crippen molar-refractivity contribution in [2.75, 3.05) is 13.1 Å². The minimum atomic E-state index is -0.639. The lowest BCUT2D eigenvalue weighted by atomic mass is 10.1. The van der Waals surface area contributed by atoms with Crippen LogP contribution in [0.2, 0.25) is 5.02 Å². The largest absolute Gasteiger partial charge is 0.505 e. The third-order valence-electron chi connectivity index (χ3n) is 3.42. The van der Waals surface area contributed by atoms with Crippen LogP contribution in [0.1, 0.15) is 18.1 Å². The number of rotatable bonds is 6. The molecule has 2 aromatic rings. The fourth-order valence-corrected chi connectivity index (χ4v) is 2.41. The lowest BCUT2D eigenvalue weighted by molar-refractivity contribution is 0.432. The molecule has 0 amide bonds. The zero-order valence-electron chi connectivity index (χ0n) is 13.5. The van der Waals surface area contributed by atoms with E-state index in [9.17, 15) is 9.50 Å². The van der Waals surface area contributed by atoms with E-state index in [1.165, 1.54) is 12.1 Å². The molecule has 0 saturated carbocycles. The van der Waals surface area contributed by atoms with Gasteiger partial charge in [0.15, 0.2) is 17.5 Å². The molecule has 0 unspecified atom stereocenters. The third kappa shape index (κ3) is 5.42. The van der Waals surface area contributed by atoms with Crippen LogP contribution in [0, 0.1) is 5.82 Å². The molecule has 0 fully saturated rings. The van der Waals surface area contributed by atoms with Gasteiger partial charge in [0.05, 0.1) is 6.54 Å². The normalized spacial score (nSPS) is 11.4. The first-order valence-electron chi connectivity index (χ1n) is 7.83. The summed E-state index contributed by atoms with van der Waals surface area (Å²) in [6.07, 6.45) is 0.776. The van der Waals surface area contributed by atoms with Crippen LogP contribution in [0.3, 0.4) is 0 Å². The SMILES string of the molecule is CCNC(=NCc1ccc(O)c(F)c1)NCCc1ccccc1Cl. The molecule has 128 valence electrons. The maximum Gasteiger partial charge on any atom is 0.191 e. The molecule has 0 aliphatic rings. The number of aromatic hydroxyl groups is 1. The van der Waals surface area contributed by atoms with Crippen LogP contribution in [0.25, 0.3) is 0 Å². The molecule has 6 heteroatoms. The van der Waals surface area contributed by atoms with Crippen LogP contribution in [0.15, 0.2) is 47.5 Å². The van der Waals surface area contributed by atoms with Crippen LogP contribution in [0.4, 0.5) is 4.39 Å². The fraction of sp³-hybridized carbons (Fsp3) is 0.278. The second kappa shape index (κ2) is 9.13. The summed E-state index contributed by atoms with van der Waals surface area (Å²) >= 11 is 6.14. The molecule has 0 saturated heterocycles. The van der Waals surface area contributed by atoms with Gasteiger partial charge in [0, 0.05) is 18.1 Å². The summed E-state index contributed by atoms with van der Waals surface area (Å²) in [7, 11) is 0. The van der Waals surface area contributed by atoms with E-state index >= 15 is 0 Å². The summed E-state index contributed by atoms with van der Waals surface area (Å²) in [6.45, 7) is 3.70. The molecule has 0 radical (unpaired) electrons. The number of aliphatic imine (C=N–C) groups is 1. The van der Waals surface area contributed by atoms with Gasteiger partial charge < -0.3 is 15.7 Å². The van der Waals surface area contributed by atoms with Gasteiger partial charge in [0.25, 0.3) is 0 Å². The highest BCUT2D eigenvalue weighted by Gasteiger charge is 2.03. The van der Waals surface area contributed by atoms with Crippen molar-refractivity contribution < 1.29 is 9.50 Å². The van der Waals surface area contributed by atoms with E-state index in [0.717, 1.165) is 23.6 Å². The molecule has 0 aliphatic carbocycles. The number of hydrogen-bond acceptors (Lipinski definition) is 2. The molecule has 3 N–H and O–H groups in total. The molecule has 0 heterocycles. The van der Waals surface area contributed by atoms with E-state index in [0.29, 0.717) is 24.6 Å². The number of phenols is 1. The average molecular weight is 350 g/mol. The van der Waals surface area contributed by atoms with Gasteiger partial charge in [-0.3, -0.25) is 0 Å². The monoisotopic (exact) mass is 349 g/mol. The van der Waals surface area contributed by atoms with E-state index in [1.54, 1.807) is 6.07 Å². The average Bonchev–Trinajstić information content (AvgIpc) is 2.57. The van der Waals surface area contributed by atoms with Crippen molar-refractivity contribution in [1.82, 2.24) is 10.6 Å². The number of nitrogens with zero attached hydrogens (tertiary/aromatic N) is 1. The molecule has 24 heavy (non-hydrogen) atoms. The van der Waals surface area contributed by atoms with Gasteiger partial charge in [-0.15, -0.1) is 0 Å². The Kier molecular flexibility index (Phi) is 6.88. The van der Waals surface area contributed by atoms with Crippen molar-refractivity contribution in [3.05, 3.63) is 64.4 Å². The Labute approximate surface area is 146 Å². The maximum absolute atomic E-state index is 13.3. The molecule has 4 nitrogen and oxygen atoms in total. The van der Waals surface area contributed by atoms with E-state index < -0.39 is 5.82 Å². The van der Waals surface area contributed by atoms with Gasteiger partial charge in [0.1, 0.15) is 0 Å². The zero-order chi connectivity index (χ0) is 17.4. The lowest BCUT2D eigenvalue weighted by Crippen LogP contribution is -2.38. The molecular formula is C18H21ClFN3O. The quantitative estimate of drug-likeness (QED) is 0.553. The van der Waals surface area contributed by atoms with Crippen LogP contribution in [-0.4, -0.2) is 24.2 Å². The smallest absolute Gasteiger partial charge is 0.191 e. The summed E-state index contributed by atoms with van der Waals surface area (Å²) in [5.74, 6) is -0.343. The highest BCUT2D eigenvalue weighted by atomic mass is 35.5. The van der Waals surface area contributed by atoms with E-state index in [-0.39, 0.29) is 5.75 Å². The van der Waals surface area contributed by atoms with Crippen LogP contribution in [-0.2, 0) is 13.0 Å². The molecule has 2 aromatic carbocycles. The molecular weight excluding hydrogens is 329 g/mol. The molecule has 2 rings (SSSR count). The minimum Gasteiger partial charge on any atom is -0.505 e. The van der Waals surface area contributed by atoms with E-state index in [4.69, 9.17) is 11.6 Å². The van der Waals surface area contributed by atoms with Gasteiger partial charge in [-0.1, -0.05) is 35.9 Å². The van der Waals surface area contributed by atoms with Gasteiger partial charge in [-0.05, 0) is 42.7 Å². The molecule has 0 aliphatic heterocycles. The summed E-state index contributed by atoms with van der Waals surface area (Å²) < 4.78 is 13.3. The highest BCUT2D eigenvalue weighted by Crippen LogP contribution is 2.17. The number of benzene rings is 2. The Hall–Kier alpha value is -2.27. The van der Waals surface area contributed by atoms with Crippen molar-refractivity contribution in [2.45, 2.75) is 19.9 Å². The number of halogens is 2. The second-order valence-electron chi connectivity index (χ2n) is 5.25. The molecule has 0 bridgehead atoms. The summed E-state index contributed by atoms with van der Waals surface area (Å²) in [5, 5.41) is 16.3. The zero-order valence-corrected chi connectivity index (χ0v) is 14.3. The van der Waals surface area contributed by atoms with Crippen LogP contribution >= 0.6 is 11.6 Å². The van der Waals surface area contributed by atoms with Gasteiger partial charge >= 0.3 is 0 Å². The van der Waals surface area contributed by atoms with Crippen molar-refractivity contribution in [2.24, 2.45) is 4.99 Å². The third-order valence-corrected chi connectivity index (χ3v) is 3.79. The van der Waals surface area contributed by atoms with Gasteiger partial charge in [0.2, 0.25) is 0 Å². The number of hydrogen-bond donors (Lipinski definition) is 3. The summed E-state index contributed by atoms with van der Waals surface area (Å²) in [4.78, 5) is 4.42. The maximum atomic E-state index is 13.3. The van der Waals surface area contributed by atoms with Crippen molar-refractivity contribution in [1.29, 1.82) is 0 Å². The fourth-order valence-electron chi connectivity index (χ4n) is 2.18. The van der Waals surface area contributed by atoms with Crippen LogP contribution in [0.5, 0.6) is 5.75 Å². The number of phenolic OH excluding ortho intramolecular Hbond substituents is 1. The van der Waals surface area contributed by atoms with E-state index in [2.05, 4.69) is 15.6 Å². The van der Waals surface area contributed by atoms with Crippen molar-refractivity contribution in [3.63, 3.8) is 0 Å². The van der Waals surface area contributed by atoms with Gasteiger partial charge in [-0.2, -0.15) is 0 Å². The Morgan fingerprint density at radius 3 is 2.71 bits per heavy atom. The topological polar surface area (TPSA) is 56.7 Å². The minimum absolute atomic E-state index is 0.318. The Morgan fingerprint density at radius 2 is 2.00 bits per heavy atom. The van der Waals surface area contributed by atoms with Crippen LogP contribution < -0.4 is 10.6 Å². The van der Waals surface area contributed by atoms with Crippen molar-refractivity contribution in [3.8, 4) is 5.75 Å². The van der Waals surface area contributed by atoms with Crippen molar-refractivity contribution >= 4 is 17.6 Å². The van der Waals surface area contributed by atoms with Gasteiger partial charge in [-0.25, -0.2) is 9.38 Å². The predicted octanol–water partition coefficient (Wildman–Crippen LogP) is 3.48. The first kappa shape index (κ1) is 18.1. The Morgan fingerprint density at radius 1 is 1.21 bits per heavy atom. The molecule has 0 aromatic heterocycles. The Balaban J connectivity index is 1.93.